The summed E-state index contributed by atoms with van der Waals surface area (Å²) in [6.45, 7) is 1.79. The first-order valence-electron chi connectivity index (χ1n) is 7.34. The number of hydrogen-bond acceptors (Lipinski definition) is 3. The molecule has 1 fully saturated rings. The standard InChI is InChI=1S/C17H20BrN3/c1-21(12-13-3-2-4-15(18)9-13)17-7-8-19-10-14(17)11-20-16-5-6-16/h2-4,7-10,16,20H,5-6,11-12H2,1H3. The summed E-state index contributed by atoms with van der Waals surface area (Å²) in [5.41, 5.74) is 3.81. The Morgan fingerprint density at radius 1 is 1.33 bits per heavy atom. The Balaban J connectivity index is 1.72. The highest BCUT2D eigenvalue weighted by molar-refractivity contribution is 9.10. The number of nitrogens with zero attached hydrogens (tertiary/aromatic N) is 2. The van der Waals surface area contributed by atoms with Crippen molar-refractivity contribution in [3.05, 3.63) is 58.3 Å². The predicted octanol–water partition coefficient (Wildman–Crippen LogP) is 3.73. The van der Waals surface area contributed by atoms with Gasteiger partial charge in [0.25, 0.3) is 0 Å². The third-order valence-electron chi connectivity index (χ3n) is 3.76. The summed E-state index contributed by atoms with van der Waals surface area (Å²) in [6, 6.07) is 11.3. The van der Waals surface area contributed by atoms with Gasteiger partial charge in [0.2, 0.25) is 0 Å². The lowest BCUT2D eigenvalue weighted by Gasteiger charge is -2.22. The molecule has 0 radical (unpaired) electrons. The predicted molar refractivity (Wildman–Crippen MR) is 90.3 cm³/mol. The summed E-state index contributed by atoms with van der Waals surface area (Å²) in [6.07, 6.45) is 6.46. The van der Waals surface area contributed by atoms with Crippen LogP contribution in [-0.2, 0) is 13.1 Å². The Morgan fingerprint density at radius 3 is 2.95 bits per heavy atom. The van der Waals surface area contributed by atoms with Crippen LogP contribution in [0.15, 0.2) is 47.2 Å². The maximum atomic E-state index is 4.27. The van der Waals surface area contributed by atoms with E-state index >= 15 is 0 Å². The van der Waals surface area contributed by atoms with Gasteiger partial charge in [-0.3, -0.25) is 4.98 Å². The SMILES string of the molecule is CN(Cc1cccc(Br)c1)c1ccncc1CNC1CC1. The lowest BCUT2D eigenvalue weighted by Crippen LogP contribution is -2.21. The molecule has 110 valence electrons. The van der Waals surface area contributed by atoms with Gasteiger partial charge < -0.3 is 10.2 Å². The molecule has 4 heteroatoms. The fraction of sp³-hybridized carbons (Fsp3) is 0.353. The van der Waals surface area contributed by atoms with E-state index in [0.717, 1.165) is 17.6 Å². The van der Waals surface area contributed by atoms with Crippen molar-refractivity contribution in [3.63, 3.8) is 0 Å². The molecule has 3 rings (SSSR count). The van der Waals surface area contributed by atoms with Crippen molar-refractivity contribution in [1.82, 2.24) is 10.3 Å². The quantitative estimate of drug-likeness (QED) is 0.864. The molecule has 1 saturated carbocycles. The summed E-state index contributed by atoms with van der Waals surface area (Å²) in [7, 11) is 2.14. The fourth-order valence-corrected chi connectivity index (χ4v) is 2.91. The first-order chi connectivity index (χ1) is 10.2. The van der Waals surface area contributed by atoms with Gasteiger partial charge in [-0.05, 0) is 36.6 Å². The van der Waals surface area contributed by atoms with Gasteiger partial charge in [0.05, 0.1) is 0 Å². The van der Waals surface area contributed by atoms with E-state index in [9.17, 15) is 0 Å². The summed E-state index contributed by atoms with van der Waals surface area (Å²) in [5, 5.41) is 3.57. The van der Waals surface area contributed by atoms with Crippen molar-refractivity contribution in [2.45, 2.75) is 32.0 Å². The van der Waals surface area contributed by atoms with Crippen molar-refractivity contribution in [2.75, 3.05) is 11.9 Å². The maximum Gasteiger partial charge on any atom is 0.0443 e. The molecule has 0 amide bonds. The second-order valence-electron chi connectivity index (χ2n) is 5.65. The molecule has 1 aromatic carbocycles. The number of anilines is 1. The summed E-state index contributed by atoms with van der Waals surface area (Å²) in [4.78, 5) is 6.56. The van der Waals surface area contributed by atoms with Crippen LogP contribution in [0.3, 0.4) is 0 Å². The van der Waals surface area contributed by atoms with Crippen molar-refractivity contribution in [2.24, 2.45) is 0 Å². The molecule has 1 aliphatic rings. The molecular weight excluding hydrogens is 326 g/mol. The molecule has 0 unspecified atom stereocenters. The van der Waals surface area contributed by atoms with Gasteiger partial charge >= 0.3 is 0 Å². The van der Waals surface area contributed by atoms with Crippen LogP contribution in [0.2, 0.25) is 0 Å². The second-order valence-corrected chi connectivity index (χ2v) is 6.56. The van der Waals surface area contributed by atoms with E-state index < -0.39 is 0 Å². The van der Waals surface area contributed by atoms with Crippen LogP contribution in [-0.4, -0.2) is 18.1 Å². The third-order valence-corrected chi connectivity index (χ3v) is 4.25. The zero-order valence-electron chi connectivity index (χ0n) is 12.2. The Hall–Kier alpha value is -1.39. The highest BCUT2D eigenvalue weighted by atomic mass is 79.9. The smallest absolute Gasteiger partial charge is 0.0443 e. The van der Waals surface area contributed by atoms with E-state index in [-0.39, 0.29) is 0 Å². The van der Waals surface area contributed by atoms with Crippen LogP contribution in [0.25, 0.3) is 0 Å². The average molecular weight is 346 g/mol. The molecule has 0 aliphatic heterocycles. The van der Waals surface area contributed by atoms with E-state index in [0.29, 0.717) is 6.04 Å². The Kier molecular flexibility index (Phi) is 4.56. The first kappa shape index (κ1) is 14.5. The second kappa shape index (κ2) is 6.58. The number of aromatic nitrogens is 1. The van der Waals surface area contributed by atoms with Gasteiger partial charge in [0, 0.05) is 54.3 Å². The fourth-order valence-electron chi connectivity index (χ4n) is 2.46. The minimum atomic E-state index is 0.716. The molecule has 1 aliphatic carbocycles. The van der Waals surface area contributed by atoms with Crippen LogP contribution in [0.1, 0.15) is 24.0 Å². The Bertz CT molecular complexity index is 610. The normalized spacial score (nSPS) is 14.2. The van der Waals surface area contributed by atoms with Gasteiger partial charge in [0.1, 0.15) is 0 Å². The Morgan fingerprint density at radius 2 is 2.19 bits per heavy atom. The zero-order valence-corrected chi connectivity index (χ0v) is 13.8. The van der Waals surface area contributed by atoms with Gasteiger partial charge in [0.15, 0.2) is 0 Å². The average Bonchev–Trinajstić information content (AvgIpc) is 3.29. The minimum Gasteiger partial charge on any atom is -0.370 e. The Labute approximate surface area is 134 Å². The molecule has 1 N–H and O–H groups in total. The lowest BCUT2D eigenvalue weighted by atomic mass is 10.1. The van der Waals surface area contributed by atoms with Gasteiger partial charge in [-0.1, -0.05) is 28.1 Å². The molecule has 0 bridgehead atoms. The van der Waals surface area contributed by atoms with E-state index in [1.54, 1.807) is 0 Å². The van der Waals surface area contributed by atoms with Crippen LogP contribution < -0.4 is 10.2 Å². The van der Waals surface area contributed by atoms with Crippen molar-refractivity contribution >= 4 is 21.6 Å². The van der Waals surface area contributed by atoms with E-state index in [1.165, 1.54) is 29.7 Å². The zero-order chi connectivity index (χ0) is 14.7. The van der Waals surface area contributed by atoms with Crippen LogP contribution in [0, 0.1) is 0 Å². The highest BCUT2D eigenvalue weighted by Crippen LogP contribution is 2.24. The van der Waals surface area contributed by atoms with E-state index in [2.05, 4.69) is 68.5 Å². The lowest BCUT2D eigenvalue weighted by molar-refractivity contribution is 0.683. The largest absolute Gasteiger partial charge is 0.370 e. The van der Waals surface area contributed by atoms with Crippen LogP contribution in [0.5, 0.6) is 0 Å². The van der Waals surface area contributed by atoms with Crippen molar-refractivity contribution in [3.8, 4) is 0 Å². The number of hydrogen-bond donors (Lipinski definition) is 1. The number of pyridine rings is 1. The molecule has 0 spiro atoms. The number of rotatable bonds is 6. The number of benzene rings is 1. The molecule has 2 aromatic rings. The summed E-state index contributed by atoms with van der Waals surface area (Å²) in [5.74, 6) is 0. The van der Waals surface area contributed by atoms with E-state index in [1.807, 2.05) is 12.4 Å². The molecule has 3 nitrogen and oxygen atoms in total. The van der Waals surface area contributed by atoms with Crippen LogP contribution >= 0.6 is 15.9 Å². The van der Waals surface area contributed by atoms with Gasteiger partial charge in [-0.15, -0.1) is 0 Å². The monoisotopic (exact) mass is 345 g/mol. The van der Waals surface area contributed by atoms with Crippen molar-refractivity contribution < 1.29 is 0 Å². The number of halogens is 1. The summed E-state index contributed by atoms with van der Waals surface area (Å²) >= 11 is 3.53. The minimum absolute atomic E-state index is 0.716. The van der Waals surface area contributed by atoms with Gasteiger partial charge in [-0.2, -0.15) is 0 Å². The highest BCUT2D eigenvalue weighted by Gasteiger charge is 2.20. The summed E-state index contributed by atoms with van der Waals surface area (Å²) < 4.78 is 1.12. The third kappa shape index (κ3) is 4.05. The van der Waals surface area contributed by atoms with Crippen molar-refractivity contribution in [1.29, 1.82) is 0 Å². The van der Waals surface area contributed by atoms with E-state index in [4.69, 9.17) is 0 Å². The maximum absolute atomic E-state index is 4.27. The topological polar surface area (TPSA) is 28.2 Å². The number of nitrogens with one attached hydrogen (secondary N) is 1. The molecular formula is C17H20BrN3. The molecule has 1 aromatic heterocycles. The molecule has 1 heterocycles. The first-order valence-corrected chi connectivity index (χ1v) is 8.13. The molecule has 21 heavy (non-hydrogen) atoms. The van der Waals surface area contributed by atoms with Gasteiger partial charge in [-0.25, -0.2) is 0 Å². The van der Waals surface area contributed by atoms with Crippen LogP contribution in [0.4, 0.5) is 5.69 Å². The molecule has 0 saturated heterocycles. The molecule has 0 atom stereocenters.